The molecule has 7 heteroatoms. The Morgan fingerprint density at radius 2 is 2.32 bits per heavy atom. The van der Waals surface area contributed by atoms with E-state index in [-0.39, 0.29) is 11.9 Å². The van der Waals surface area contributed by atoms with Crippen LogP contribution in [-0.4, -0.2) is 22.0 Å². The van der Waals surface area contributed by atoms with Crippen molar-refractivity contribution in [2.75, 3.05) is 12.3 Å². The van der Waals surface area contributed by atoms with Gasteiger partial charge in [0.2, 0.25) is 11.9 Å². The second-order valence-electron chi connectivity index (χ2n) is 4.17. The first-order chi connectivity index (χ1) is 8.95. The molecule has 0 radical (unpaired) electrons. The molecular formula is C12H14BrFN4O. The molecule has 102 valence electrons. The average molecular weight is 329 g/mol. The van der Waals surface area contributed by atoms with E-state index in [4.69, 9.17) is 5.73 Å². The van der Waals surface area contributed by atoms with Gasteiger partial charge < -0.3 is 11.1 Å². The molecule has 1 atom stereocenters. The quantitative estimate of drug-likeness (QED) is 0.907. The molecule has 1 heterocycles. The van der Waals surface area contributed by atoms with E-state index in [9.17, 15) is 9.18 Å². The topological polar surface area (TPSA) is 72.9 Å². The number of nitrogens with one attached hydrogen (secondary N) is 1. The lowest BCUT2D eigenvalue weighted by molar-refractivity contribution is -0.123. The van der Waals surface area contributed by atoms with Crippen LogP contribution in [0.3, 0.4) is 0 Å². The van der Waals surface area contributed by atoms with E-state index in [0.29, 0.717) is 22.1 Å². The van der Waals surface area contributed by atoms with Gasteiger partial charge in [0, 0.05) is 12.6 Å². The van der Waals surface area contributed by atoms with Crippen LogP contribution >= 0.6 is 15.9 Å². The van der Waals surface area contributed by atoms with E-state index in [1.807, 2.05) is 6.92 Å². The van der Waals surface area contributed by atoms with E-state index in [0.717, 1.165) is 0 Å². The first kappa shape index (κ1) is 13.8. The van der Waals surface area contributed by atoms with E-state index < -0.39 is 11.9 Å². The van der Waals surface area contributed by atoms with Crippen LogP contribution in [0, 0.1) is 5.82 Å². The number of carbonyl (C=O) groups excluding carboxylic acids is 1. The number of fused-ring (bicyclic) bond motifs is 1. The van der Waals surface area contributed by atoms with Crippen LogP contribution in [0.15, 0.2) is 16.6 Å². The van der Waals surface area contributed by atoms with Crippen molar-refractivity contribution in [2.45, 2.75) is 19.9 Å². The SMILES string of the molecule is CCNC(=O)C(C)n1c(N)nc2cc(F)c(Br)cc21. The number of imidazole rings is 1. The predicted molar refractivity (Wildman–Crippen MR) is 75.2 cm³/mol. The first-order valence-corrected chi connectivity index (χ1v) is 6.65. The molecule has 3 N–H and O–H groups in total. The summed E-state index contributed by atoms with van der Waals surface area (Å²) in [5.41, 5.74) is 6.86. The Balaban J connectivity index is 2.56. The molecule has 0 saturated heterocycles. The molecule has 0 aliphatic heterocycles. The maximum Gasteiger partial charge on any atom is 0.242 e. The van der Waals surface area contributed by atoms with Gasteiger partial charge in [0.25, 0.3) is 0 Å². The third-order valence-corrected chi connectivity index (χ3v) is 3.48. The number of rotatable bonds is 3. The molecule has 0 saturated carbocycles. The largest absolute Gasteiger partial charge is 0.369 e. The van der Waals surface area contributed by atoms with Gasteiger partial charge in [-0.1, -0.05) is 0 Å². The van der Waals surface area contributed by atoms with Gasteiger partial charge in [0.15, 0.2) is 0 Å². The zero-order valence-electron chi connectivity index (χ0n) is 10.6. The minimum Gasteiger partial charge on any atom is -0.369 e. The van der Waals surface area contributed by atoms with Crippen molar-refractivity contribution in [3.8, 4) is 0 Å². The summed E-state index contributed by atoms with van der Waals surface area (Å²) >= 11 is 3.12. The van der Waals surface area contributed by atoms with Gasteiger partial charge in [-0.15, -0.1) is 0 Å². The fraction of sp³-hybridized carbons (Fsp3) is 0.333. The highest BCUT2D eigenvalue weighted by molar-refractivity contribution is 9.10. The lowest BCUT2D eigenvalue weighted by Gasteiger charge is -2.15. The Morgan fingerprint density at radius 1 is 1.63 bits per heavy atom. The van der Waals surface area contributed by atoms with E-state index in [1.54, 1.807) is 17.6 Å². The molecule has 1 amide bonds. The Kier molecular flexibility index (Phi) is 3.75. The van der Waals surface area contributed by atoms with Crippen LogP contribution in [0.25, 0.3) is 11.0 Å². The molecule has 2 aromatic rings. The summed E-state index contributed by atoms with van der Waals surface area (Å²) in [5.74, 6) is -0.386. The smallest absolute Gasteiger partial charge is 0.242 e. The highest BCUT2D eigenvalue weighted by Gasteiger charge is 2.20. The van der Waals surface area contributed by atoms with Crippen molar-refractivity contribution >= 4 is 38.8 Å². The fourth-order valence-corrected chi connectivity index (χ4v) is 2.29. The summed E-state index contributed by atoms with van der Waals surface area (Å²) in [6, 6.07) is 2.35. The number of nitrogens with zero attached hydrogens (tertiary/aromatic N) is 2. The van der Waals surface area contributed by atoms with Gasteiger partial charge in [0.05, 0.1) is 15.5 Å². The summed E-state index contributed by atoms with van der Waals surface area (Å²) in [7, 11) is 0. The molecule has 2 rings (SSSR count). The molecule has 1 aromatic heterocycles. The van der Waals surface area contributed by atoms with Crippen molar-refractivity contribution in [3.63, 3.8) is 0 Å². The molecule has 0 spiro atoms. The maximum absolute atomic E-state index is 13.5. The van der Waals surface area contributed by atoms with Gasteiger partial charge in [-0.3, -0.25) is 9.36 Å². The number of benzene rings is 1. The lowest BCUT2D eigenvalue weighted by Crippen LogP contribution is -2.31. The van der Waals surface area contributed by atoms with Crippen molar-refractivity contribution in [3.05, 3.63) is 22.4 Å². The Labute approximate surface area is 118 Å². The van der Waals surface area contributed by atoms with E-state index in [1.165, 1.54) is 6.07 Å². The molecule has 0 aliphatic rings. The number of nitrogens with two attached hydrogens (primary N) is 1. The van der Waals surface area contributed by atoms with Crippen molar-refractivity contribution in [2.24, 2.45) is 0 Å². The van der Waals surface area contributed by atoms with Gasteiger partial charge in [-0.25, -0.2) is 9.37 Å². The minimum atomic E-state index is -0.512. The van der Waals surface area contributed by atoms with Gasteiger partial charge in [0.1, 0.15) is 11.9 Å². The highest BCUT2D eigenvalue weighted by atomic mass is 79.9. The van der Waals surface area contributed by atoms with Crippen molar-refractivity contribution < 1.29 is 9.18 Å². The number of aromatic nitrogens is 2. The van der Waals surface area contributed by atoms with Gasteiger partial charge >= 0.3 is 0 Å². The van der Waals surface area contributed by atoms with Crippen LogP contribution in [0.2, 0.25) is 0 Å². The fourth-order valence-electron chi connectivity index (χ4n) is 1.96. The number of hydrogen-bond donors (Lipinski definition) is 2. The minimum absolute atomic E-state index is 0.158. The van der Waals surface area contributed by atoms with Crippen LogP contribution in [-0.2, 0) is 4.79 Å². The molecule has 0 aliphatic carbocycles. The molecule has 1 aromatic carbocycles. The van der Waals surface area contributed by atoms with Crippen LogP contribution in [0.5, 0.6) is 0 Å². The number of nitrogen functional groups attached to an aromatic ring is 1. The standard InChI is InChI=1S/C12H14BrFN4O/c1-3-16-11(19)6(2)18-10-4-7(13)8(14)5-9(10)17-12(18)15/h4-6H,3H2,1-2H3,(H2,15,17)(H,16,19). The Hall–Kier alpha value is -1.63. The molecule has 0 bridgehead atoms. The number of halogens is 2. The number of anilines is 1. The summed E-state index contributed by atoms with van der Waals surface area (Å²) < 4.78 is 15.4. The normalized spacial score (nSPS) is 12.6. The first-order valence-electron chi connectivity index (χ1n) is 5.85. The zero-order chi connectivity index (χ0) is 14.2. The Bertz CT molecular complexity index is 640. The molecule has 19 heavy (non-hydrogen) atoms. The van der Waals surface area contributed by atoms with Crippen molar-refractivity contribution in [1.82, 2.24) is 14.9 Å². The monoisotopic (exact) mass is 328 g/mol. The highest BCUT2D eigenvalue weighted by Crippen LogP contribution is 2.27. The summed E-state index contributed by atoms with van der Waals surface area (Å²) in [6.45, 7) is 4.10. The average Bonchev–Trinajstić information content (AvgIpc) is 2.65. The summed E-state index contributed by atoms with van der Waals surface area (Å²) in [4.78, 5) is 16.0. The summed E-state index contributed by atoms with van der Waals surface area (Å²) in [5, 5.41) is 2.72. The summed E-state index contributed by atoms with van der Waals surface area (Å²) in [6.07, 6.45) is 0. The van der Waals surface area contributed by atoms with Gasteiger partial charge in [-0.2, -0.15) is 0 Å². The van der Waals surface area contributed by atoms with Crippen LogP contribution < -0.4 is 11.1 Å². The van der Waals surface area contributed by atoms with Crippen molar-refractivity contribution in [1.29, 1.82) is 0 Å². The van der Waals surface area contributed by atoms with Crippen LogP contribution in [0.4, 0.5) is 10.3 Å². The number of carbonyl (C=O) groups is 1. The second-order valence-corrected chi connectivity index (χ2v) is 5.02. The number of hydrogen-bond acceptors (Lipinski definition) is 3. The third kappa shape index (κ3) is 2.42. The van der Waals surface area contributed by atoms with Crippen LogP contribution in [0.1, 0.15) is 19.9 Å². The van der Waals surface area contributed by atoms with E-state index in [2.05, 4.69) is 26.2 Å². The maximum atomic E-state index is 13.5. The zero-order valence-corrected chi connectivity index (χ0v) is 12.2. The molecule has 1 unspecified atom stereocenters. The molecule has 5 nitrogen and oxygen atoms in total. The number of amides is 1. The third-order valence-electron chi connectivity index (χ3n) is 2.88. The molecule has 0 fully saturated rings. The van der Waals surface area contributed by atoms with E-state index >= 15 is 0 Å². The number of likely N-dealkylation sites (N-methyl/N-ethyl adjacent to an activating group) is 1. The lowest BCUT2D eigenvalue weighted by atomic mass is 10.2. The van der Waals surface area contributed by atoms with Gasteiger partial charge in [-0.05, 0) is 35.8 Å². The second kappa shape index (κ2) is 5.16. The molecular weight excluding hydrogens is 315 g/mol. The predicted octanol–water partition coefficient (Wildman–Crippen LogP) is 2.22. The Morgan fingerprint density at radius 3 is 2.95 bits per heavy atom.